The molecule has 1 atom stereocenters. The molecule has 0 aromatic heterocycles. The third kappa shape index (κ3) is 4.54. The number of para-hydroxylation sites is 1. The van der Waals surface area contributed by atoms with Gasteiger partial charge in [0.1, 0.15) is 5.75 Å². The van der Waals surface area contributed by atoms with Gasteiger partial charge in [-0.3, -0.25) is 19.3 Å². The number of Topliss-reactive ketones (excluding diaryl/α,β-unsaturated/α-hetero) is 1. The van der Waals surface area contributed by atoms with E-state index in [1.165, 1.54) is 28.6 Å². The van der Waals surface area contributed by atoms with Crippen LogP contribution in [0.1, 0.15) is 34.1 Å². The van der Waals surface area contributed by atoms with Crippen LogP contribution in [0.4, 0.5) is 0 Å². The van der Waals surface area contributed by atoms with E-state index in [0.717, 1.165) is 4.90 Å². The number of morpholine rings is 1. The molecule has 9 nitrogen and oxygen atoms in total. The predicted octanol–water partition coefficient (Wildman–Crippen LogP) is 1.73. The average molecular weight is 473 g/mol. The number of hydrogen-bond acceptors (Lipinski definition) is 7. The van der Waals surface area contributed by atoms with Crippen molar-refractivity contribution in [2.24, 2.45) is 0 Å². The van der Waals surface area contributed by atoms with Gasteiger partial charge in [-0.2, -0.15) is 4.31 Å². The van der Waals surface area contributed by atoms with Gasteiger partial charge in [-0.25, -0.2) is 8.42 Å². The molecule has 10 heteroatoms. The van der Waals surface area contributed by atoms with E-state index >= 15 is 0 Å². The van der Waals surface area contributed by atoms with Crippen molar-refractivity contribution in [2.75, 3.05) is 32.8 Å². The Bertz CT molecular complexity index is 1170. The minimum atomic E-state index is -3.69. The number of benzene rings is 2. The molecule has 2 aromatic rings. The zero-order valence-corrected chi connectivity index (χ0v) is 18.9. The van der Waals surface area contributed by atoms with E-state index in [0.29, 0.717) is 25.4 Å². The largest absolute Gasteiger partial charge is 0.480 e. The molecule has 0 bridgehead atoms. The summed E-state index contributed by atoms with van der Waals surface area (Å²) in [4.78, 5) is 39.8. The number of nitrogens with zero attached hydrogens (tertiary/aromatic N) is 2. The quantitative estimate of drug-likeness (QED) is 0.465. The Labute approximate surface area is 191 Å². The molecule has 2 aliphatic rings. The van der Waals surface area contributed by atoms with Crippen LogP contribution in [0.5, 0.6) is 5.75 Å². The second kappa shape index (κ2) is 9.42. The van der Waals surface area contributed by atoms with Gasteiger partial charge in [0, 0.05) is 18.7 Å². The molecule has 4 rings (SSSR count). The molecule has 0 aliphatic carbocycles. The van der Waals surface area contributed by atoms with E-state index in [2.05, 4.69) is 0 Å². The maximum absolute atomic E-state index is 13.0. The summed E-state index contributed by atoms with van der Waals surface area (Å²) in [7, 11) is -3.69. The van der Waals surface area contributed by atoms with Gasteiger partial charge in [0.25, 0.3) is 11.8 Å². The summed E-state index contributed by atoms with van der Waals surface area (Å²) >= 11 is 0. The molecule has 0 radical (unpaired) electrons. The highest BCUT2D eigenvalue weighted by Gasteiger charge is 2.36. The van der Waals surface area contributed by atoms with Gasteiger partial charge >= 0.3 is 0 Å². The van der Waals surface area contributed by atoms with Crippen molar-refractivity contribution in [1.29, 1.82) is 0 Å². The number of rotatable bonds is 6. The normalized spacial score (nSPS) is 19.5. The minimum Gasteiger partial charge on any atom is -0.480 e. The van der Waals surface area contributed by atoms with Crippen molar-refractivity contribution in [3.05, 3.63) is 59.7 Å². The van der Waals surface area contributed by atoms with Crippen molar-refractivity contribution in [3.8, 4) is 5.75 Å². The van der Waals surface area contributed by atoms with Crippen LogP contribution in [-0.4, -0.2) is 74.2 Å². The molecule has 2 amide bonds. The third-order valence-corrected chi connectivity index (χ3v) is 7.54. The summed E-state index contributed by atoms with van der Waals surface area (Å²) in [5, 5.41) is 0. The van der Waals surface area contributed by atoms with Crippen LogP contribution >= 0.6 is 0 Å². The van der Waals surface area contributed by atoms with Gasteiger partial charge in [-0.1, -0.05) is 19.1 Å². The van der Waals surface area contributed by atoms with Crippen LogP contribution in [0.15, 0.2) is 53.4 Å². The lowest BCUT2D eigenvalue weighted by atomic mass is 10.1. The van der Waals surface area contributed by atoms with Crippen molar-refractivity contribution >= 4 is 27.6 Å². The second-order valence-corrected chi connectivity index (χ2v) is 9.64. The first-order valence-electron chi connectivity index (χ1n) is 10.7. The standard InChI is InChI=1S/C23H24N2O7S/c1-2-20-23(28)25(22(27)18-5-3-4-6-21(18)32-20)15-19(26)16-7-9-17(10-8-16)33(29,30)24-11-13-31-14-12-24/h3-10,20H,2,11-15H2,1H3/t20-/m0/s1. The molecule has 2 aromatic carbocycles. The first-order chi connectivity index (χ1) is 15.8. The molecular formula is C23H24N2O7S. The lowest BCUT2D eigenvalue weighted by Crippen LogP contribution is -2.45. The van der Waals surface area contributed by atoms with Gasteiger partial charge in [-0.15, -0.1) is 0 Å². The van der Waals surface area contributed by atoms with Crippen molar-refractivity contribution in [3.63, 3.8) is 0 Å². The smallest absolute Gasteiger partial charge is 0.270 e. The lowest BCUT2D eigenvalue weighted by Gasteiger charge is -2.26. The summed E-state index contributed by atoms with van der Waals surface area (Å²) in [6.45, 7) is 2.49. The highest BCUT2D eigenvalue weighted by atomic mass is 32.2. The van der Waals surface area contributed by atoms with E-state index in [1.54, 1.807) is 31.2 Å². The average Bonchev–Trinajstić information content (AvgIpc) is 2.94. The Kier molecular flexibility index (Phi) is 6.59. The van der Waals surface area contributed by atoms with Gasteiger partial charge in [0.2, 0.25) is 10.0 Å². The summed E-state index contributed by atoms with van der Waals surface area (Å²) in [6, 6.07) is 12.0. The lowest BCUT2D eigenvalue weighted by molar-refractivity contribution is -0.135. The topological polar surface area (TPSA) is 110 Å². The zero-order valence-electron chi connectivity index (χ0n) is 18.1. The number of amides is 2. The van der Waals surface area contributed by atoms with E-state index in [9.17, 15) is 22.8 Å². The van der Waals surface area contributed by atoms with Gasteiger partial charge in [-0.05, 0) is 42.8 Å². The Morgan fingerprint density at radius 1 is 1.03 bits per heavy atom. The van der Waals surface area contributed by atoms with Crippen LogP contribution in [0.2, 0.25) is 0 Å². The Morgan fingerprint density at radius 2 is 1.70 bits per heavy atom. The SMILES string of the molecule is CC[C@@H]1Oc2ccccc2C(=O)N(CC(=O)c2ccc(S(=O)(=O)N3CCOCC3)cc2)C1=O. The second-order valence-electron chi connectivity index (χ2n) is 7.70. The summed E-state index contributed by atoms with van der Waals surface area (Å²) in [5.41, 5.74) is 0.407. The monoisotopic (exact) mass is 472 g/mol. The van der Waals surface area contributed by atoms with Crippen molar-refractivity contribution < 1.29 is 32.3 Å². The minimum absolute atomic E-state index is 0.0660. The number of sulfonamides is 1. The van der Waals surface area contributed by atoms with Crippen molar-refractivity contribution in [1.82, 2.24) is 9.21 Å². The Morgan fingerprint density at radius 3 is 2.36 bits per heavy atom. The third-order valence-electron chi connectivity index (χ3n) is 5.63. The van der Waals surface area contributed by atoms with E-state index < -0.39 is 40.3 Å². The van der Waals surface area contributed by atoms with Crippen molar-refractivity contribution in [2.45, 2.75) is 24.3 Å². The molecule has 1 fully saturated rings. The molecule has 0 saturated carbocycles. The first-order valence-corrected chi connectivity index (χ1v) is 12.1. The maximum Gasteiger partial charge on any atom is 0.270 e. The van der Waals surface area contributed by atoms with Crippen LogP contribution in [0, 0.1) is 0 Å². The predicted molar refractivity (Wildman–Crippen MR) is 118 cm³/mol. The molecule has 2 aliphatic heterocycles. The fourth-order valence-corrected chi connectivity index (χ4v) is 5.17. The Hall–Kier alpha value is -3.08. The molecule has 0 spiro atoms. The number of carbonyl (C=O) groups excluding carboxylic acids is 3. The molecule has 2 heterocycles. The van der Waals surface area contributed by atoms with Gasteiger partial charge in [0.05, 0.1) is 30.2 Å². The first kappa shape index (κ1) is 23.1. The molecule has 1 saturated heterocycles. The number of ketones is 1. The molecular weight excluding hydrogens is 448 g/mol. The van der Waals surface area contributed by atoms with E-state index in [-0.39, 0.29) is 29.1 Å². The number of carbonyl (C=O) groups is 3. The summed E-state index contributed by atoms with van der Waals surface area (Å²) < 4.78 is 37.8. The summed E-state index contributed by atoms with van der Waals surface area (Å²) in [5.74, 6) is -1.37. The Balaban J connectivity index is 1.55. The van der Waals surface area contributed by atoms with E-state index in [1.807, 2.05) is 0 Å². The highest BCUT2D eigenvalue weighted by molar-refractivity contribution is 7.89. The number of imide groups is 1. The molecule has 0 N–H and O–H groups in total. The molecule has 174 valence electrons. The van der Waals surface area contributed by atoms with Crippen LogP contribution < -0.4 is 4.74 Å². The van der Waals surface area contributed by atoms with Crippen LogP contribution in [0.3, 0.4) is 0 Å². The molecule has 33 heavy (non-hydrogen) atoms. The molecule has 0 unspecified atom stereocenters. The number of fused-ring (bicyclic) bond motifs is 1. The van der Waals surface area contributed by atoms with Gasteiger partial charge < -0.3 is 9.47 Å². The fraction of sp³-hybridized carbons (Fsp3) is 0.348. The highest BCUT2D eigenvalue weighted by Crippen LogP contribution is 2.27. The van der Waals surface area contributed by atoms with Crippen LogP contribution in [0.25, 0.3) is 0 Å². The number of hydrogen-bond donors (Lipinski definition) is 0. The summed E-state index contributed by atoms with van der Waals surface area (Å²) in [6.07, 6.45) is -0.550. The van der Waals surface area contributed by atoms with E-state index in [4.69, 9.17) is 9.47 Å². The zero-order chi connectivity index (χ0) is 23.6. The van der Waals surface area contributed by atoms with Crippen LogP contribution in [-0.2, 0) is 19.6 Å². The maximum atomic E-state index is 13.0. The number of ether oxygens (including phenoxy) is 2. The van der Waals surface area contributed by atoms with Gasteiger partial charge in [0.15, 0.2) is 11.9 Å². The fourth-order valence-electron chi connectivity index (χ4n) is 3.76.